The average molecular weight is 423 g/mol. The first-order chi connectivity index (χ1) is 14.1. The Labute approximate surface area is 180 Å². The summed E-state index contributed by atoms with van der Waals surface area (Å²) in [4.78, 5) is 23.2. The molecule has 0 heterocycles. The van der Waals surface area contributed by atoms with Crippen LogP contribution in [0.15, 0.2) is 23.8 Å². The highest BCUT2D eigenvalue weighted by atomic mass is 16.5. The van der Waals surface area contributed by atoms with E-state index in [2.05, 4.69) is 32.1 Å². The molecular weight excluding hydrogens is 384 g/mol. The zero-order chi connectivity index (χ0) is 22.4. The minimum absolute atomic E-state index is 0.0556. The van der Waals surface area contributed by atoms with Crippen LogP contribution in [-0.2, 0) is 14.3 Å². The maximum atomic E-state index is 12.5. The summed E-state index contributed by atoms with van der Waals surface area (Å²) in [7, 11) is 0. The number of esters is 1. The van der Waals surface area contributed by atoms with Gasteiger partial charge in [0.25, 0.3) is 0 Å². The standard InChI is InChI=1S/C24H38O6/c1-5-15(3)24(29)30-21-11-14(2)10-17-7-6-16(4)20(23(17)21)9-8-18(25)12-19(26)13-22(27)28/h6-7,10,14-16,18-21,23,25-26H,5,8-9,11-13H2,1-4H3,(H,27,28)/t14-,15-,16-,18+,19-,20-,21+,23?/m0/s1. The molecule has 0 aromatic heterocycles. The van der Waals surface area contributed by atoms with Crippen LogP contribution in [0.1, 0.15) is 66.2 Å². The van der Waals surface area contributed by atoms with Crippen LogP contribution >= 0.6 is 0 Å². The van der Waals surface area contributed by atoms with Crippen LogP contribution in [0, 0.1) is 29.6 Å². The third kappa shape index (κ3) is 6.67. The van der Waals surface area contributed by atoms with E-state index in [0.717, 1.165) is 19.3 Å². The molecule has 2 rings (SSSR count). The molecule has 0 radical (unpaired) electrons. The van der Waals surface area contributed by atoms with Gasteiger partial charge in [-0.25, -0.2) is 0 Å². The molecular formula is C24H38O6. The average Bonchev–Trinajstić information content (AvgIpc) is 2.65. The molecule has 0 amide bonds. The second kappa shape index (κ2) is 11.1. The van der Waals surface area contributed by atoms with Gasteiger partial charge in [0.05, 0.1) is 24.5 Å². The summed E-state index contributed by atoms with van der Waals surface area (Å²) in [5, 5.41) is 28.9. The van der Waals surface area contributed by atoms with Gasteiger partial charge in [-0.3, -0.25) is 9.59 Å². The molecule has 0 fully saturated rings. The number of ether oxygens (including phenoxy) is 1. The van der Waals surface area contributed by atoms with E-state index in [1.807, 2.05) is 13.8 Å². The number of allylic oxidation sites excluding steroid dienone is 3. The van der Waals surface area contributed by atoms with Gasteiger partial charge in [-0.2, -0.15) is 0 Å². The van der Waals surface area contributed by atoms with Gasteiger partial charge < -0.3 is 20.1 Å². The van der Waals surface area contributed by atoms with Gasteiger partial charge in [-0.05, 0) is 55.4 Å². The van der Waals surface area contributed by atoms with E-state index in [-0.39, 0.29) is 48.6 Å². The second-order valence-corrected chi connectivity index (χ2v) is 9.29. The molecule has 0 aromatic rings. The minimum Gasteiger partial charge on any atom is -0.481 e. The number of hydrogen-bond donors (Lipinski definition) is 3. The fraction of sp³-hybridized carbons (Fsp3) is 0.750. The van der Waals surface area contributed by atoms with E-state index in [1.165, 1.54) is 5.57 Å². The number of carbonyl (C=O) groups excluding carboxylic acids is 1. The summed E-state index contributed by atoms with van der Waals surface area (Å²) in [5.74, 6) is -0.406. The lowest BCUT2D eigenvalue weighted by Gasteiger charge is -2.43. The Balaban J connectivity index is 2.09. The Hall–Kier alpha value is -1.66. The Morgan fingerprint density at radius 3 is 2.57 bits per heavy atom. The fourth-order valence-corrected chi connectivity index (χ4v) is 4.76. The van der Waals surface area contributed by atoms with Crippen molar-refractivity contribution in [2.24, 2.45) is 29.6 Å². The molecule has 0 aromatic carbocycles. The number of aliphatic hydroxyl groups is 2. The van der Waals surface area contributed by atoms with Crippen LogP contribution in [0.2, 0.25) is 0 Å². The van der Waals surface area contributed by atoms with E-state index >= 15 is 0 Å². The van der Waals surface area contributed by atoms with E-state index in [0.29, 0.717) is 12.3 Å². The van der Waals surface area contributed by atoms with Gasteiger partial charge in [0.2, 0.25) is 0 Å². The van der Waals surface area contributed by atoms with Gasteiger partial charge in [0, 0.05) is 5.92 Å². The Morgan fingerprint density at radius 1 is 1.23 bits per heavy atom. The molecule has 2 aliphatic carbocycles. The molecule has 6 heteroatoms. The maximum Gasteiger partial charge on any atom is 0.308 e. The molecule has 6 nitrogen and oxygen atoms in total. The van der Waals surface area contributed by atoms with Gasteiger partial charge in [-0.1, -0.05) is 45.9 Å². The highest BCUT2D eigenvalue weighted by Crippen LogP contribution is 2.45. The molecule has 8 atom stereocenters. The van der Waals surface area contributed by atoms with E-state index in [1.54, 1.807) is 0 Å². The lowest BCUT2D eigenvalue weighted by Crippen LogP contribution is -2.41. The summed E-state index contributed by atoms with van der Waals surface area (Å²) in [6.07, 6.45) is 7.07. The van der Waals surface area contributed by atoms with Crippen molar-refractivity contribution >= 4 is 11.9 Å². The number of rotatable bonds is 10. The monoisotopic (exact) mass is 422 g/mol. The van der Waals surface area contributed by atoms with Crippen molar-refractivity contribution in [3.63, 3.8) is 0 Å². The van der Waals surface area contributed by atoms with Crippen LogP contribution < -0.4 is 0 Å². The number of fused-ring (bicyclic) bond motifs is 1. The van der Waals surface area contributed by atoms with Crippen molar-refractivity contribution in [1.29, 1.82) is 0 Å². The number of aliphatic hydroxyl groups excluding tert-OH is 2. The van der Waals surface area contributed by atoms with Crippen molar-refractivity contribution in [1.82, 2.24) is 0 Å². The van der Waals surface area contributed by atoms with E-state index in [4.69, 9.17) is 9.84 Å². The van der Waals surface area contributed by atoms with Crippen LogP contribution in [0.3, 0.4) is 0 Å². The predicted molar refractivity (Wildman–Crippen MR) is 115 cm³/mol. The Morgan fingerprint density at radius 2 is 1.93 bits per heavy atom. The molecule has 0 saturated carbocycles. The van der Waals surface area contributed by atoms with Gasteiger partial charge in [0.1, 0.15) is 6.10 Å². The van der Waals surface area contributed by atoms with Crippen LogP contribution in [-0.4, -0.2) is 45.6 Å². The van der Waals surface area contributed by atoms with Crippen LogP contribution in [0.4, 0.5) is 0 Å². The zero-order valence-corrected chi connectivity index (χ0v) is 18.7. The first-order valence-corrected chi connectivity index (χ1v) is 11.3. The predicted octanol–water partition coefficient (Wildman–Crippen LogP) is 3.72. The molecule has 0 aliphatic heterocycles. The maximum absolute atomic E-state index is 12.5. The summed E-state index contributed by atoms with van der Waals surface area (Å²) in [5.41, 5.74) is 1.21. The molecule has 30 heavy (non-hydrogen) atoms. The highest BCUT2D eigenvalue weighted by Gasteiger charge is 2.41. The van der Waals surface area contributed by atoms with Crippen LogP contribution in [0.5, 0.6) is 0 Å². The summed E-state index contributed by atoms with van der Waals surface area (Å²) >= 11 is 0. The van der Waals surface area contributed by atoms with E-state index in [9.17, 15) is 19.8 Å². The van der Waals surface area contributed by atoms with Crippen molar-refractivity contribution in [2.45, 2.75) is 84.5 Å². The third-order valence-corrected chi connectivity index (χ3v) is 6.67. The number of carboxylic acid groups (broad SMARTS) is 1. The Bertz CT molecular complexity index is 654. The summed E-state index contributed by atoms with van der Waals surface area (Å²) in [6.45, 7) is 8.16. The largest absolute Gasteiger partial charge is 0.481 e. The molecule has 170 valence electrons. The van der Waals surface area contributed by atoms with Crippen molar-refractivity contribution < 1.29 is 29.6 Å². The summed E-state index contributed by atoms with van der Waals surface area (Å²) < 4.78 is 6.00. The third-order valence-electron chi connectivity index (χ3n) is 6.67. The Kier molecular flexibility index (Phi) is 9.10. The first kappa shape index (κ1) is 24.6. The van der Waals surface area contributed by atoms with Crippen molar-refractivity contribution in [3.05, 3.63) is 23.8 Å². The van der Waals surface area contributed by atoms with Gasteiger partial charge >= 0.3 is 11.9 Å². The smallest absolute Gasteiger partial charge is 0.308 e. The zero-order valence-electron chi connectivity index (χ0n) is 18.7. The normalized spacial score (nSPS) is 31.3. The fourth-order valence-electron chi connectivity index (χ4n) is 4.76. The molecule has 0 saturated heterocycles. The highest BCUT2D eigenvalue weighted by molar-refractivity contribution is 5.72. The van der Waals surface area contributed by atoms with Gasteiger partial charge in [0.15, 0.2) is 0 Å². The molecule has 3 N–H and O–H groups in total. The number of hydrogen-bond acceptors (Lipinski definition) is 5. The van der Waals surface area contributed by atoms with Crippen molar-refractivity contribution in [3.8, 4) is 0 Å². The molecule has 1 unspecified atom stereocenters. The molecule has 0 bridgehead atoms. The lowest BCUT2D eigenvalue weighted by atomic mass is 9.65. The topological polar surface area (TPSA) is 104 Å². The quantitative estimate of drug-likeness (QED) is 0.464. The minimum atomic E-state index is -1.07. The number of aliphatic carboxylic acids is 1. The SMILES string of the molecule is CC[C@H](C)C(=O)O[C@@H]1C[C@@H](C)C=C2C=C[C@H](C)[C@H](CC[C@@H](O)C[C@H](O)CC(=O)O)C21. The van der Waals surface area contributed by atoms with Gasteiger partial charge in [-0.15, -0.1) is 0 Å². The first-order valence-electron chi connectivity index (χ1n) is 11.3. The summed E-state index contributed by atoms with van der Waals surface area (Å²) in [6, 6.07) is 0. The molecule has 0 spiro atoms. The molecule has 2 aliphatic rings. The number of carboxylic acids is 1. The van der Waals surface area contributed by atoms with Crippen LogP contribution in [0.25, 0.3) is 0 Å². The lowest BCUT2D eigenvalue weighted by molar-refractivity contribution is -0.158. The number of carbonyl (C=O) groups is 2. The second-order valence-electron chi connectivity index (χ2n) is 9.29. The van der Waals surface area contributed by atoms with E-state index < -0.39 is 18.2 Å². The van der Waals surface area contributed by atoms with Crippen molar-refractivity contribution in [2.75, 3.05) is 0 Å².